The summed E-state index contributed by atoms with van der Waals surface area (Å²) >= 11 is 0. The highest BCUT2D eigenvalue weighted by Gasteiger charge is 2.58. The number of hydrogen-bond donors (Lipinski definition) is 0. The molecule has 3 rings (SSSR count). The Hall–Kier alpha value is -2.62. The van der Waals surface area contributed by atoms with Gasteiger partial charge in [-0.15, -0.1) is 0 Å². The molecule has 1 aromatic rings. The number of alkyl halides is 3. The van der Waals surface area contributed by atoms with Crippen LogP contribution < -0.4 is 0 Å². The Labute approximate surface area is 165 Å². The number of ether oxygens (including phenoxy) is 1. The quantitative estimate of drug-likeness (QED) is 0.710. The van der Waals surface area contributed by atoms with E-state index in [9.17, 15) is 27.6 Å². The van der Waals surface area contributed by atoms with Gasteiger partial charge in [0.15, 0.2) is 0 Å². The summed E-state index contributed by atoms with van der Waals surface area (Å²) in [6.07, 6.45) is -4.10. The summed E-state index contributed by atoms with van der Waals surface area (Å²) in [4.78, 5) is 43.9. The van der Waals surface area contributed by atoms with Crippen molar-refractivity contribution in [1.29, 1.82) is 0 Å². The average Bonchev–Trinajstić information content (AvgIpc) is 2.97. The van der Waals surface area contributed by atoms with Crippen LogP contribution in [0.1, 0.15) is 35.2 Å². The number of hydrogen-bond acceptors (Lipinski definition) is 5. The maximum atomic E-state index is 12.9. The van der Waals surface area contributed by atoms with E-state index in [-0.39, 0.29) is 43.8 Å². The van der Waals surface area contributed by atoms with Gasteiger partial charge in [0, 0.05) is 25.1 Å². The van der Waals surface area contributed by atoms with Crippen LogP contribution in [0.3, 0.4) is 0 Å². The normalized spacial score (nSPS) is 21.6. The van der Waals surface area contributed by atoms with E-state index in [1.807, 2.05) is 0 Å². The number of halogens is 3. The minimum Gasteiger partial charge on any atom is -0.469 e. The first kappa shape index (κ1) is 21.1. The van der Waals surface area contributed by atoms with Crippen LogP contribution in [0, 0.1) is 5.92 Å². The third kappa shape index (κ3) is 3.68. The molecular weight excluding hydrogens is 393 g/mol. The number of carbonyl (C=O) groups excluding carboxylic acids is 3. The van der Waals surface area contributed by atoms with Gasteiger partial charge in [-0.05, 0) is 31.0 Å². The van der Waals surface area contributed by atoms with E-state index in [1.165, 1.54) is 36.3 Å². The number of likely N-dealkylation sites (tertiary alicyclic amines) is 1. The molecule has 2 saturated heterocycles. The molecule has 0 N–H and O–H groups in total. The number of carbonyl (C=O) groups is 3. The van der Waals surface area contributed by atoms with E-state index < -0.39 is 35.1 Å². The smallest absolute Gasteiger partial charge is 0.416 e. The van der Waals surface area contributed by atoms with Crippen LogP contribution >= 0.6 is 0 Å². The molecule has 0 aliphatic carbocycles. The van der Waals surface area contributed by atoms with E-state index in [4.69, 9.17) is 9.57 Å². The molecule has 1 spiro atoms. The Kier molecular flexibility index (Phi) is 5.57. The number of hydroxylamine groups is 2. The number of methoxy groups -OCH3 is 1. The third-order valence-electron chi connectivity index (χ3n) is 5.68. The third-order valence-corrected chi connectivity index (χ3v) is 5.68. The standard InChI is InChI=1S/C19H21F3N2O5/c1-28-17(27)14-11-15(25)24(29-2)18(14)6-8-23(9-7-18)16(26)12-4-3-5-13(10-12)19(20,21)22/h3-5,10,14H,6-9,11H2,1-2H3/t14-/m1/s1. The van der Waals surface area contributed by atoms with Crippen molar-refractivity contribution in [1.82, 2.24) is 9.96 Å². The molecular formula is C19H21F3N2O5. The number of amides is 2. The highest BCUT2D eigenvalue weighted by molar-refractivity contribution is 5.94. The van der Waals surface area contributed by atoms with Crippen LogP contribution in [0.4, 0.5) is 13.2 Å². The second-order valence-corrected chi connectivity index (χ2v) is 7.12. The molecule has 2 heterocycles. The first-order valence-corrected chi connectivity index (χ1v) is 9.05. The van der Waals surface area contributed by atoms with Gasteiger partial charge in [-0.2, -0.15) is 13.2 Å². The Morgan fingerprint density at radius 1 is 1.17 bits per heavy atom. The van der Waals surface area contributed by atoms with Crippen LogP contribution in [-0.4, -0.2) is 60.6 Å². The van der Waals surface area contributed by atoms with Crippen molar-refractivity contribution in [2.75, 3.05) is 27.3 Å². The van der Waals surface area contributed by atoms with E-state index in [2.05, 4.69) is 0 Å². The lowest BCUT2D eigenvalue weighted by Crippen LogP contribution is -2.57. The van der Waals surface area contributed by atoms with Gasteiger partial charge in [-0.3, -0.25) is 19.2 Å². The summed E-state index contributed by atoms with van der Waals surface area (Å²) < 4.78 is 43.6. The summed E-state index contributed by atoms with van der Waals surface area (Å²) in [5.74, 6) is -2.14. The van der Waals surface area contributed by atoms with Gasteiger partial charge in [0.2, 0.25) is 5.91 Å². The maximum absolute atomic E-state index is 12.9. The molecule has 1 atom stereocenters. The highest BCUT2D eigenvalue weighted by Crippen LogP contribution is 2.44. The lowest BCUT2D eigenvalue weighted by atomic mass is 9.77. The van der Waals surface area contributed by atoms with Gasteiger partial charge in [-0.1, -0.05) is 6.07 Å². The average molecular weight is 414 g/mol. The SMILES string of the molecule is COC(=O)[C@H]1CC(=O)N(OC)C12CCN(C(=O)c1cccc(C(F)(F)F)c1)CC2. The fourth-order valence-electron chi connectivity index (χ4n) is 4.23. The van der Waals surface area contributed by atoms with Crippen LogP contribution in [0.15, 0.2) is 24.3 Å². The minimum absolute atomic E-state index is 0.0535. The molecule has 1 aromatic carbocycles. The topological polar surface area (TPSA) is 76.2 Å². The molecule has 10 heteroatoms. The summed E-state index contributed by atoms with van der Waals surface area (Å²) in [6, 6.07) is 4.25. The lowest BCUT2D eigenvalue weighted by Gasteiger charge is -2.45. The number of benzene rings is 1. The van der Waals surface area contributed by atoms with Gasteiger partial charge < -0.3 is 9.64 Å². The van der Waals surface area contributed by atoms with Crippen molar-refractivity contribution >= 4 is 17.8 Å². The summed E-state index contributed by atoms with van der Waals surface area (Å²) in [5, 5.41) is 1.18. The van der Waals surface area contributed by atoms with Crippen molar-refractivity contribution < 1.29 is 37.1 Å². The fourth-order valence-corrected chi connectivity index (χ4v) is 4.23. The van der Waals surface area contributed by atoms with Gasteiger partial charge in [0.1, 0.15) is 0 Å². The van der Waals surface area contributed by atoms with Gasteiger partial charge >= 0.3 is 12.1 Å². The zero-order chi connectivity index (χ0) is 21.4. The zero-order valence-electron chi connectivity index (χ0n) is 16.0. The Morgan fingerprint density at radius 3 is 2.38 bits per heavy atom. The van der Waals surface area contributed by atoms with E-state index in [1.54, 1.807) is 0 Å². The predicted molar refractivity (Wildman–Crippen MR) is 93.3 cm³/mol. The molecule has 2 aliphatic heterocycles. The number of esters is 1. The number of rotatable bonds is 3. The van der Waals surface area contributed by atoms with Gasteiger partial charge in [0.25, 0.3) is 5.91 Å². The van der Waals surface area contributed by atoms with Crippen molar-refractivity contribution in [3.8, 4) is 0 Å². The van der Waals surface area contributed by atoms with Crippen molar-refractivity contribution in [2.24, 2.45) is 5.92 Å². The first-order chi connectivity index (χ1) is 13.6. The predicted octanol–water partition coefficient (Wildman–Crippen LogP) is 2.26. The monoisotopic (exact) mass is 414 g/mol. The molecule has 0 bridgehead atoms. The van der Waals surface area contributed by atoms with E-state index in [0.717, 1.165) is 12.1 Å². The Bertz CT molecular complexity index is 816. The molecule has 0 radical (unpaired) electrons. The molecule has 7 nitrogen and oxygen atoms in total. The van der Waals surface area contributed by atoms with Gasteiger partial charge in [-0.25, -0.2) is 5.06 Å². The molecule has 0 unspecified atom stereocenters. The maximum Gasteiger partial charge on any atom is 0.416 e. The molecule has 158 valence electrons. The number of nitrogens with zero attached hydrogens (tertiary/aromatic N) is 2. The zero-order valence-corrected chi connectivity index (χ0v) is 16.0. The van der Waals surface area contributed by atoms with Crippen molar-refractivity contribution in [3.63, 3.8) is 0 Å². The second kappa shape index (κ2) is 7.66. The minimum atomic E-state index is -4.54. The molecule has 2 amide bonds. The van der Waals surface area contributed by atoms with Crippen molar-refractivity contribution in [2.45, 2.75) is 31.0 Å². The lowest BCUT2D eigenvalue weighted by molar-refractivity contribution is -0.209. The summed E-state index contributed by atoms with van der Waals surface area (Å²) in [6.45, 7) is 0.325. The van der Waals surface area contributed by atoms with Crippen LogP contribution in [-0.2, 0) is 25.3 Å². The highest BCUT2D eigenvalue weighted by atomic mass is 19.4. The summed E-state index contributed by atoms with van der Waals surface area (Å²) in [5.41, 5.74) is -1.90. The van der Waals surface area contributed by atoms with Crippen LogP contribution in [0.2, 0.25) is 0 Å². The first-order valence-electron chi connectivity index (χ1n) is 9.05. The Morgan fingerprint density at radius 2 is 1.83 bits per heavy atom. The van der Waals surface area contributed by atoms with Crippen LogP contribution in [0.25, 0.3) is 0 Å². The number of piperidine rings is 1. The Balaban J connectivity index is 1.79. The molecule has 0 saturated carbocycles. The molecule has 29 heavy (non-hydrogen) atoms. The molecule has 0 aromatic heterocycles. The largest absolute Gasteiger partial charge is 0.469 e. The van der Waals surface area contributed by atoms with E-state index in [0.29, 0.717) is 0 Å². The molecule has 2 aliphatic rings. The second-order valence-electron chi connectivity index (χ2n) is 7.12. The van der Waals surface area contributed by atoms with E-state index >= 15 is 0 Å². The summed E-state index contributed by atoms with van der Waals surface area (Å²) in [7, 11) is 2.57. The van der Waals surface area contributed by atoms with Crippen LogP contribution in [0.5, 0.6) is 0 Å². The van der Waals surface area contributed by atoms with Crippen molar-refractivity contribution in [3.05, 3.63) is 35.4 Å². The molecule has 2 fully saturated rings. The fraction of sp³-hybridized carbons (Fsp3) is 0.526. The van der Waals surface area contributed by atoms with Gasteiger partial charge in [0.05, 0.1) is 31.2 Å².